The molecule has 1 unspecified atom stereocenters. The summed E-state index contributed by atoms with van der Waals surface area (Å²) in [6.45, 7) is 3.31. The fraction of sp³-hybridized carbons (Fsp3) is 0.222. The van der Waals surface area contributed by atoms with E-state index >= 15 is 0 Å². The molecule has 4 nitrogen and oxygen atoms in total. The van der Waals surface area contributed by atoms with E-state index in [-0.39, 0.29) is 16.9 Å². The average Bonchev–Trinajstić information content (AvgIpc) is 2.55. The molecule has 23 heavy (non-hydrogen) atoms. The molecule has 120 valence electrons. The number of nitrogens with one attached hydrogen (secondary N) is 1. The number of carbonyl (C=O) groups excluding carboxylic acids is 2. The Labute approximate surface area is 140 Å². The van der Waals surface area contributed by atoms with Crippen LogP contribution in [-0.4, -0.2) is 24.1 Å². The molecule has 0 aliphatic rings. The van der Waals surface area contributed by atoms with Crippen LogP contribution in [0, 0.1) is 0 Å². The highest BCUT2D eigenvalue weighted by Gasteiger charge is 2.17. The van der Waals surface area contributed by atoms with Gasteiger partial charge in [-0.05, 0) is 44.2 Å². The zero-order valence-corrected chi connectivity index (χ0v) is 14.1. The van der Waals surface area contributed by atoms with Gasteiger partial charge in [-0.2, -0.15) is 0 Å². The Hall–Kier alpha value is -2.27. The molecule has 0 spiro atoms. The number of Topliss-reactive ketones (excluding diaryl/α,β-unsaturated/α-hetero) is 1. The van der Waals surface area contributed by atoms with Crippen LogP contribution in [0.4, 0.5) is 5.69 Å². The highest BCUT2D eigenvalue weighted by Crippen LogP contribution is 2.27. The van der Waals surface area contributed by atoms with E-state index in [0.29, 0.717) is 11.3 Å². The molecule has 0 aromatic heterocycles. The zero-order chi connectivity index (χ0) is 16.8. The van der Waals surface area contributed by atoms with Gasteiger partial charge < -0.3 is 10.1 Å². The number of ether oxygens (including phenoxy) is 1. The van der Waals surface area contributed by atoms with Crippen molar-refractivity contribution < 1.29 is 14.3 Å². The van der Waals surface area contributed by atoms with Crippen LogP contribution in [0.5, 0.6) is 5.75 Å². The van der Waals surface area contributed by atoms with Gasteiger partial charge in [-0.15, -0.1) is 11.8 Å². The quantitative estimate of drug-likeness (QED) is 0.642. The minimum absolute atomic E-state index is 0.0750. The van der Waals surface area contributed by atoms with Gasteiger partial charge >= 0.3 is 0 Å². The molecule has 2 aromatic carbocycles. The summed E-state index contributed by atoms with van der Waals surface area (Å²) >= 11 is 1.44. The SMILES string of the molecule is COc1cccc(SC(C)C(=O)Nc2ccccc2C(C)=O)c1. The first-order chi connectivity index (χ1) is 11.0. The van der Waals surface area contributed by atoms with Crippen molar-refractivity contribution in [2.45, 2.75) is 24.0 Å². The summed E-state index contributed by atoms with van der Waals surface area (Å²) in [5.41, 5.74) is 1.06. The molecule has 2 aromatic rings. The smallest absolute Gasteiger partial charge is 0.237 e. The largest absolute Gasteiger partial charge is 0.497 e. The number of hydrogen-bond acceptors (Lipinski definition) is 4. The molecule has 1 atom stereocenters. The van der Waals surface area contributed by atoms with Crippen molar-refractivity contribution in [2.75, 3.05) is 12.4 Å². The number of rotatable bonds is 6. The summed E-state index contributed by atoms with van der Waals surface area (Å²) in [6.07, 6.45) is 0. The van der Waals surface area contributed by atoms with Gasteiger partial charge in [-0.25, -0.2) is 0 Å². The molecule has 1 N–H and O–H groups in total. The summed E-state index contributed by atoms with van der Waals surface area (Å²) in [5.74, 6) is 0.532. The van der Waals surface area contributed by atoms with Gasteiger partial charge in [0.1, 0.15) is 5.75 Å². The van der Waals surface area contributed by atoms with Crippen LogP contribution in [0.2, 0.25) is 0 Å². The van der Waals surface area contributed by atoms with Crippen molar-refractivity contribution in [2.24, 2.45) is 0 Å². The third-order valence-electron chi connectivity index (χ3n) is 3.29. The summed E-state index contributed by atoms with van der Waals surface area (Å²) in [5, 5.41) is 2.53. The highest BCUT2D eigenvalue weighted by atomic mass is 32.2. The van der Waals surface area contributed by atoms with Crippen molar-refractivity contribution >= 4 is 29.1 Å². The first-order valence-corrected chi connectivity index (χ1v) is 8.10. The first-order valence-electron chi connectivity index (χ1n) is 7.23. The summed E-state index contributed by atoms with van der Waals surface area (Å²) < 4.78 is 5.18. The van der Waals surface area contributed by atoms with Crippen LogP contribution in [0.1, 0.15) is 24.2 Å². The molecule has 0 heterocycles. The lowest BCUT2D eigenvalue weighted by Crippen LogP contribution is -2.23. The second-order valence-electron chi connectivity index (χ2n) is 5.03. The molecular weight excluding hydrogens is 310 g/mol. The van der Waals surface area contributed by atoms with E-state index < -0.39 is 0 Å². The Bertz CT molecular complexity index is 715. The second kappa shape index (κ2) is 7.83. The van der Waals surface area contributed by atoms with Crippen LogP contribution < -0.4 is 10.1 Å². The van der Waals surface area contributed by atoms with E-state index in [2.05, 4.69) is 5.32 Å². The summed E-state index contributed by atoms with van der Waals surface area (Å²) in [7, 11) is 1.61. The first kappa shape index (κ1) is 17.1. The number of amides is 1. The van der Waals surface area contributed by atoms with Gasteiger partial charge in [0.15, 0.2) is 5.78 Å². The number of thioether (sulfide) groups is 1. The number of carbonyl (C=O) groups is 2. The molecule has 2 rings (SSSR count). The number of para-hydroxylation sites is 1. The lowest BCUT2D eigenvalue weighted by atomic mass is 10.1. The maximum Gasteiger partial charge on any atom is 0.237 e. The van der Waals surface area contributed by atoms with Crippen molar-refractivity contribution in [3.05, 3.63) is 54.1 Å². The minimum atomic E-state index is -0.304. The normalized spacial score (nSPS) is 11.6. The lowest BCUT2D eigenvalue weighted by molar-refractivity contribution is -0.115. The zero-order valence-electron chi connectivity index (χ0n) is 13.3. The van der Waals surface area contributed by atoms with E-state index in [1.807, 2.05) is 31.2 Å². The number of hydrogen-bond donors (Lipinski definition) is 1. The lowest BCUT2D eigenvalue weighted by Gasteiger charge is -2.14. The summed E-state index contributed by atoms with van der Waals surface area (Å²) in [4.78, 5) is 24.9. The van der Waals surface area contributed by atoms with E-state index in [1.54, 1.807) is 31.4 Å². The van der Waals surface area contributed by atoms with Crippen molar-refractivity contribution in [1.29, 1.82) is 0 Å². The fourth-order valence-corrected chi connectivity index (χ4v) is 2.98. The van der Waals surface area contributed by atoms with E-state index in [1.165, 1.54) is 18.7 Å². The molecule has 0 aliphatic heterocycles. The molecule has 1 amide bonds. The maximum absolute atomic E-state index is 12.4. The van der Waals surface area contributed by atoms with E-state index in [9.17, 15) is 9.59 Å². The Balaban J connectivity index is 2.07. The molecule has 0 aliphatic carbocycles. The number of benzene rings is 2. The molecule has 0 radical (unpaired) electrons. The molecular formula is C18H19NO3S. The predicted molar refractivity (Wildman–Crippen MR) is 93.4 cm³/mol. The van der Waals surface area contributed by atoms with Gasteiger partial charge in [0.2, 0.25) is 5.91 Å². The third kappa shape index (κ3) is 4.60. The molecule has 0 saturated heterocycles. The van der Waals surface area contributed by atoms with Crippen LogP contribution in [0.3, 0.4) is 0 Å². The Morgan fingerprint density at radius 1 is 1.13 bits per heavy atom. The van der Waals surface area contributed by atoms with Gasteiger partial charge in [-0.1, -0.05) is 18.2 Å². The predicted octanol–water partition coefficient (Wildman–Crippen LogP) is 4.02. The van der Waals surface area contributed by atoms with Crippen LogP contribution in [0.15, 0.2) is 53.4 Å². The third-order valence-corrected chi connectivity index (χ3v) is 4.38. The standard InChI is InChI=1S/C18H19NO3S/c1-12(20)16-9-4-5-10-17(16)19-18(21)13(2)23-15-8-6-7-14(11-15)22-3/h4-11,13H,1-3H3,(H,19,21). The average molecular weight is 329 g/mol. The van der Waals surface area contributed by atoms with Gasteiger partial charge in [0.05, 0.1) is 18.0 Å². The fourth-order valence-electron chi connectivity index (χ4n) is 2.07. The topological polar surface area (TPSA) is 55.4 Å². The molecule has 5 heteroatoms. The molecule has 0 bridgehead atoms. The minimum Gasteiger partial charge on any atom is -0.497 e. The Morgan fingerprint density at radius 2 is 1.87 bits per heavy atom. The number of ketones is 1. The number of anilines is 1. The van der Waals surface area contributed by atoms with Crippen LogP contribution in [0.25, 0.3) is 0 Å². The Morgan fingerprint density at radius 3 is 2.57 bits per heavy atom. The highest BCUT2D eigenvalue weighted by molar-refractivity contribution is 8.00. The van der Waals surface area contributed by atoms with Crippen molar-refractivity contribution in [3.8, 4) is 5.75 Å². The van der Waals surface area contributed by atoms with Crippen molar-refractivity contribution in [1.82, 2.24) is 0 Å². The van der Waals surface area contributed by atoms with E-state index in [0.717, 1.165) is 10.6 Å². The summed E-state index contributed by atoms with van der Waals surface area (Å²) in [6, 6.07) is 14.6. The van der Waals surface area contributed by atoms with Gasteiger partial charge in [0, 0.05) is 10.5 Å². The van der Waals surface area contributed by atoms with Crippen molar-refractivity contribution in [3.63, 3.8) is 0 Å². The maximum atomic E-state index is 12.4. The monoisotopic (exact) mass is 329 g/mol. The molecule has 0 saturated carbocycles. The Kier molecular flexibility index (Phi) is 5.82. The second-order valence-corrected chi connectivity index (χ2v) is 6.44. The van der Waals surface area contributed by atoms with Gasteiger partial charge in [0.25, 0.3) is 0 Å². The number of methoxy groups -OCH3 is 1. The van der Waals surface area contributed by atoms with Crippen LogP contribution >= 0.6 is 11.8 Å². The molecule has 0 fully saturated rings. The van der Waals surface area contributed by atoms with Gasteiger partial charge in [-0.3, -0.25) is 9.59 Å². The van der Waals surface area contributed by atoms with E-state index in [4.69, 9.17) is 4.74 Å². The van der Waals surface area contributed by atoms with Crippen LogP contribution in [-0.2, 0) is 4.79 Å².